The van der Waals surface area contributed by atoms with Crippen LogP contribution >= 0.6 is 0 Å². The Morgan fingerprint density at radius 1 is 0.839 bits per heavy atom. The highest BCUT2D eigenvalue weighted by Crippen LogP contribution is 2.43. The highest BCUT2D eigenvalue weighted by molar-refractivity contribution is 6.21. The molecule has 31 heavy (non-hydrogen) atoms. The number of hydrogen-bond donors (Lipinski definition) is 1. The molecule has 2 heterocycles. The molecule has 162 valence electrons. The standard InChI is InChI=1S/C26H30N2O3/c29-24-11-7-10-18-19-14-17-27(23(19)13-12-20(18)24)15-5-1-2-6-16-28-25(30)21-8-3-4-9-22(21)26(28)31/h3-4,7-11,19,23,29H,1-2,5-6,12-17H2. The molecule has 0 bridgehead atoms. The lowest BCUT2D eigenvalue weighted by Gasteiger charge is -2.33. The quantitative estimate of drug-likeness (QED) is 0.536. The fourth-order valence-electron chi connectivity index (χ4n) is 5.83. The lowest BCUT2D eigenvalue weighted by atomic mass is 9.79. The van der Waals surface area contributed by atoms with Crippen LogP contribution in [0.1, 0.15) is 76.3 Å². The first-order valence-corrected chi connectivity index (χ1v) is 11.6. The minimum absolute atomic E-state index is 0.146. The number of carbonyl (C=O) groups is 2. The minimum atomic E-state index is -0.146. The van der Waals surface area contributed by atoms with Crippen molar-refractivity contribution in [1.82, 2.24) is 9.80 Å². The van der Waals surface area contributed by atoms with Gasteiger partial charge in [-0.3, -0.25) is 19.4 Å². The van der Waals surface area contributed by atoms with Crippen molar-refractivity contribution in [2.45, 2.75) is 56.9 Å². The molecule has 2 unspecified atom stereocenters. The van der Waals surface area contributed by atoms with Gasteiger partial charge in [0.2, 0.25) is 0 Å². The molecule has 2 aliphatic heterocycles. The summed E-state index contributed by atoms with van der Waals surface area (Å²) in [4.78, 5) is 28.9. The van der Waals surface area contributed by atoms with E-state index < -0.39 is 0 Å². The molecule has 2 amide bonds. The van der Waals surface area contributed by atoms with Crippen LogP contribution in [-0.2, 0) is 6.42 Å². The third kappa shape index (κ3) is 3.65. The van der Waals surface area contributed by atoms with Gasteiger partial charge in [-0.1, -0.05) is 37.1 Å². The van der Waals surface area contributed by atoms with E-state index in [0.29, 0.717) is 35.4 Å². The average Bonchev–Trinajstić information content (AvgIpc) is 3.31. The molecule has 0 saturated carbocycles. The summed E-state index contributed by atoms with van der Waals surface area (Å²) < 4.78 is 0. The number of phenolic OH excluding ortho intramolecular Hbond substituents is 1. The summed E-state index contributed by atoms with van der Waals surface area (Å²) in [5.74, 6) is 0.733. The van der Waals surface area contributed by atoms with Gasteiger partial charge in [-0.2, -0.15) is 0 Å². The van der Waals surface area contributed by atoms with Crippen LogP contribution in [0.25, 0.3) is 0 Å². The van der Waals surface area contributed by atoms with Crippen molar-refractivity contribution in [3.63, 3.8) is 0 Å². The molecule has 5 nitrogen and oxygen atoms in total. The summed E-state index contributed by atoms with van der Waals surface area (Å²) in [5, 5.41) is 10.2. The second kappa shape index (κ2) is 8.46. The summed E-state index contributed by atoms with van der Waals surface area (Å²) >= 11 is 0. The van der Waals surface area contributed by atoms with Crippen LogP contribution in [0.15, 0.2) is 42.5 Å². The summed E-state index contributed by atoms with van der Waals surface area (Å²) in [6.07, 6.45) is 7.46. The number of phenols is 1. The minimum Gasteiger partial charge on any atom is -0.508 e. The van der Waals surface area contributed by atoms with Crippen molar-refractivity contribution < 1.29 is 14.7 Å². The first kappa shape index (κ1) is 20.3. The number of likely N-dealkylation sites (tertiary alicyclic amines) is 1. The number of benzene rings is 2. The lowest BCUT2D eigenvalue weighted by Crippen LogP contribution is -2.35. The summed E-state index contributed by atoms with van der Waals surface area (Å²) in [7, 11) is 0. The van der Waals surface area contributed by atoms with Gasteiger partial charge < -0.3 is 5.11 Å². The van der Waals surface area contributed by atoms with Crippen LogP contribution in [0.3, 0.4) is 0 Å². The second-order valence-electron chi connectivity index (χ2n) is 9.10. The predicted octanol–water partition coefficient (Wildman–Crippen LogP) is 4.35. The number of fused-ring (bicyclic) bond motifs is 4. The number of imide groups is 1. The van der Waals surface area contributed by atoms with Crippen LogP contribution in [0.4, 0.5) is 0 Å². The SMILES string of the molecule is O=C1c2ccccc2C(=O)N1CCCCCCN1CCC2c3cccc(O)c3CCC21. The van der Waals surface area contributed by atoms with Gasteiger partial charge in [-0.15, -0.1) is 0 Å². The zero-order valence-electron chi connectivity index (χ0n) is 17.9. The molecule has 2 atom stereocenters. The first-order chi connectivity index (χ1) is 15.1. The molecule has 5 rings (SSSR count). The van der Waals surface area contributed by atoms with Crippen molar-refractivity contribution in [2.75, 3.05) is 19.6 Å². The van der Waals surface area contributed by atoms with E-state index in [1.54, 1.807) is 12.1 Å². The number of amides is 2. The second-order valence-corrected chi connectivity index (χ2v) is 9.10. The lowest BCUT2D eigenvalue weighted by molar-refractivity contribution is 0.0651. The van der Waals surface area contributed by atoms with Gasteiger partial charge in [-0.25, -0.2) is 0 Å². The first-order valence-electron chi connectivity index (χ1n) is 11.6. The normalized spacial score (nSPS) is 22.5. The van der Waals surface area contributed by atoms with Crippen LogP contribution in [0.5, 0.6) is 5.75 Å². The molecule has 0 radical (unpaired) electrons. The Kier molecular flexibility index (Phi) is 5.53. The molecule has 1 aliphatic carbocycles. The molecular weight excluding hydrogens is 388 g/mol. The van der Waals surface area contributed by atoms with Gasteiger partial charge in [0, 0.05) is 18.5 Å². The van der Waals surface area contributed by atoms with E-state index in [9.17, 15) is 14.7 Å². The van der Waals surface area contributed by atoms with Gasteiger partial charge >= 0.3 is 0 Å². The Labute approximate surface area is 183 Å². The van der Waals surface area contributed by atoms with Crippen molar-refractivity contribution in [2.24, 2.45) is 0 Å². The van der Waals surface area contributed by atoms with Crippen LogP contribution in [0, 0.1) is 0 Å². The van der Waals surface area contributed by atoms with Gasteiger partial charge in [0.25, 0.3) is 11.8 Å². The third-order valence-corrected chi connectivity index (χ3v) is 7.39. The smallest absolute Gasteiger partial charge is 0.261 e. The monoisotopic (exact) mass is 418 g/mol. The number of carbonyl (C=O) groups excluding carboxylic acids is 2. The molecule has 3 aliphatic rings. The van der Waals surface area contributed by atoms with Crippen molar-refractivity contribution in [1.29, 1.82) is 0 Å². The van der Waals surface area contributed by atoms with E-state index in [1.807, 2.05) is 24.3 Å². The fourth-order valence-corrected chi connectivity index (χ4v) is 5.83. The Morgan fingerprint density at radius 3 is 2.29 bits per heavy atom. The Morgan fingerprint density at radius 2 is 1.55 bits per heavy atom. The van der Waals surface area contributed by atoms with E-state index >= 15 is 0 Å². The molecule has 1 N–H and O–H groups in total. The van der Waals surface area contributed by atoms with Crippen LogP contribution in [0.2, 0.25) is 0 Å². The molecule has 2 aromatic rings. The maximum Gasteiger partial charge on any atom is 0.261 e. The van der Waals surface area contributed by atoms with Gasteiger partial charge in [-0.05, 0) is 74.5 Å². The summed E-state index contributed by atoms with van der Waals surface area (Å²) in [5.41, 5.74) is 3.61. The van der Waals surface area contributed by atoms with E-state index in [2.05, 4.69) is 11.0 Å². The highest BCUT2D eigenvalue weighted by Gasteiger charge is 2.39. The van der Waals surface area contributed by atoms with E-state index in [-0.39, 0.29) is 11.8 Å². The topological polar surface area (TPSA) is 60.9 Å². The molecule has 5 heteroatoms. The number of hydrogen-bond acceptors (Lipinski definition) is 4. The third-order valence-electron chi connectivity index (χ3n) is 7.39. The van der Waals surface area contributed by atoms with Gasteiger partial charge in [0.15, 0.2) is 0 Å². The molecule has 2 aromatic carbocycles. The van der Waals surface area contributed by atoms with Gasteiger partial charge in [0.1, 0.15) is 5.75 Å². The van der Waals surface area contributed by atoms with E-state index in [4.69, 9.17) is 0 Å². The number of nitrogens with zero attached hydrogens (tertiary/aromatic N) is 2. The van der Waals surface area contributed by atoms with E-state index in [1.165, 1.54) is 22.4 Å². The summed E-state index contributed by atoms with van der Waals surface area (Å²) in [6, 6.07) is 13.7. The largest absolute Gasteiger partial charge is 0.508 e. The molecule has 1 saturated heterocycles. The Bertz CT molecular complexity index is 967. The molecule has 0 spiro atoms. The Hall–Kier alpha value is -2.66. The molecule has 1 fully saturated rings. The average molecular weight is 419 g/mol. The van der Waals surface area contributed by atoms with Crippen LogP contribution in [-0.4, -0.2) is 52.4 Å². The van der Waals surface area contributed by atoms with Crippen molar-refractivity contribution >= 4 is 11.8 Å². The maximum atomic E-state index is 12.4. The maximum absolute atomic E-state index is 12.4. The zero-order valence-corrected chi connectivity index (χ0v) is 17.9. The Balaban J connectivity index is 1.06. The highest BCUT2D eigenvalue weighted by atomic mass is 16.3. The molecular formula is C26H30N2O3. The molecule has 0 aromatic heterocycles. The number of unbranched alkanes of at least 4 members (excludes halogenated alkanes) is 3. The predicted molar refractivity (Wildman–Crippen MR) is 119 cm³/mol. The number of aromatic hydroxyl groups is 1. The fraction of sp³-hybridized carbons (Fsp3) is 0.462. The number of rotatable bonds is 7. The van der Waals surface area contributed by atoms with Crippen molar-refractivity contribution in [3.05, 3.63) is 64.7 Å². The van der Waals surface area contributed by atoms with E-state index in [0.717, 1.165) is 51.6 Å². The summed E-state index contributed by atoms with van der Waals surface area (Å²) in [6.45, 7) is 2.77. The van der Waals surface area contributed by atoms with Gasteiger partial charge in [0.05, 0.1) is 11.1 Å². The van der Waals surface area contributed by atoms with Crippen molar-refractivity contribution in [3.8, 4) is 5.75 Å². The van der Waals surface area contributed by atoms with Crippen LogP contribution < -0.4 is 0 Å². The zero-order chi connectivity index (χ0) is 21.4.